The Labute approximate surface area is 83.3 Å². The number of rotatable bonds is 3. The lowest BCUT2D eigenvalue weighted by atomic mass is 10.0. The molecular weight excluding hydrogens is 184 g/mol. The van der Waals surface area contributed by atoms with Crippen molar-refractivity contribution in [1.29, 1.82) is 0 Å². The molecule has 80 valence electrons. The first kappa shape index (κ1) is 10.8. The minimum Gasteiger partial charge on any atom is -0.480 e. The highest BCUT2D eigenvalue weighted by Crippen LogP contribution is 2.21. The molecule has 1 rings (SSSR count). The molecule has 1 fully saturated rings. The van der Waals surface area contributed by atoms with Crippen molar-refractivity contribution in [3.63, 3.8) is 0 Å². The second-order valence-corrected chi connectivity index (χ2v) is 3.88. The molecule has 1 saturated heterocycles. The van der Waals surface area contributed by atoms with Gasteiger partial charge in [0.1, 0.15) is 5.54 Å². The summed E-state index contributed by atoms with van der Waals surface area (Å²) in [6.07, 6.45) is 0. The van der Waals surface area contributed by atoms with Gasteiger partial charge < -0.3 is 14.9 Å². The summed E-state index contributed by atoms with van der Waals surface area (Å²) in [5.41, 5.74) is -1.11. The van der Waals surface area contributed by atoms with Crippen LogP contribution in [-0.4, -0.2) is 52.1 Å². The predicted octanol–water partition coefficient (Wildman–Crippen LogP) is 0.607. The summed E-state index contributed by atoms with van der Waals surface area (Å²) in [5.74, 6) is -0.969. The largest absolute Gasteiger partial charge is 0.480 e. The fraction of sp³-hybridized carbons (Fsp3) is 0.778. The van der Waals surface area contributed by atoms with Crippen molar-refractivity contribution in [2.24, 2.45) is 0 Å². The van der Waals surface area contributed by atoms with Crippen molar-refractivity contribution in [2.75, 3.05) is 19.6 Å². The number of urea groups is 1. The van der Waals surface area contributed by atoms with Gasteiger partial charge in [0.2, 0.25) is 0 Å². The average Bonchev–Trinajstić information content (AvgIpc) is 2.46. The number of amides is 2. The molecule has 1 aliphatic heterocycles. The van der Waals surface area contributed by atoms with Crippen molar-refractivity contribution in [2.45, 2.75) is 26.3 Å². The van der Waals surface area contributed by atoms with Crippen LogP contribution < -0.4 is 0 Å². The molecule has 0 saturated carbocycles. The van der Waals surface area contributed by atoms with Crippen LogP contribution in [-0.2, 0) is 4.79 Å². The topological polar surface area (TPSA) is 60.9 Å². The van der Waals surface area contributed by atoms with Gasteiger partial charge in [-0.3, -0.25) is 0 Å². The zero-order chi connectivity index (χ0) is 10.9. The van der Waals surface area contributed by atoms with Crippen LogP contribution in [0.2, 0.25) is 0 Å². The number of likely N-dealkylation sites (N-methyl/N-ethyl adjacent to an activating group) is 1. The maximum atomic E-state index is 11.7. The van der Waals surface area contributed by atoms with Gasteiger partial charge in [-0.25, -0.2) is 9.59 Å². The highest BCUT2D eigenvalue weighted by Gasteiger charge is 2.42. The van der Waals surface area contributed by atoms with E-state index in [1.807, 2.05) is 6.92 Å². The molecule has 0 bridgehead atoms. The highest BCUT2D eigenvalue weighted by atomic mass is 16.4. The van der Waals surface area contributed by atoms with Crippen molar-refractivity contribution < 1.29 is 14.7 Å². The minimum absolute atomic E-state index is 0.181. The van der Waals surface area contributed by atoms with E-state index in [1.54, 1.807) is 18.7 Å². The van der Waals surface area contributed by atoms with Gasteiger partial charge in [0.25, 0.3) is 0 Å². The lowest BCUT2D eigenvalue weighted by molar-refractivity contribution is -0.147. The molecule has 0 aromatic rings. The van der Waals surface area contributed by atoms with Crippen molar-refractivity contribution in [3.05, 3.63) is 0 Å². The Bertz CT molecular complexity index is 263. The van der Waals surface area contributed by atoms with Gasteiger partial charge in [-0.15, -0.1) is 0 Å². The van der Waals surface area contributed by atoms with Crippen LogP contribution in [0.3, 0.4) is 0 Å². The van der Waals surface area contributed by atoms with E-state index in [-0.39, 0.29) is 6.03 Å². The Balaban J connectivity index is 2.82. The number of carboxylic acid groups (broad SMARTS) is 1. The number of carbonyl (C=O) groups excluding carboxylic acids is 1. The standard InChI is InChI=1S/C9H16N2O3/c1-4-10-5-6-11(8(10)14)9(2,3)7(12)13/h4-6H2,1-3H3,(H,12,13). The van der Waals surface area contributed by atoms with Crippen molar-refractivity contribution in [3.8, 4) is 0 Å². The smallest absolute Gasteiger partial charge is 0.329 e. The zero-order valence-electron chi connectivity index (χ0n) is 8.78. The summed E-state index contributed by atoms with van der Waals surface area (Å²) in [4.78, 5) is 25.7. The maximum Gasteiger partial charge on any atom is 0.329 e. The molecule has 5 nitrogen and oxygen atoms in total. The summed E-state index contributed by atoms with van der Waals surface area (Å²) in [6, 6.07) is -0.181. The molecule has 0 unspecified atom stereocenters. The van der Waals surface area contributed by atoms with Crippen LogP contribution in [0.5, 0.6) is 0 Å². The quantitative estimate of drug-likeness (QED) is 0.726. The third kappa shape index (κ3) is 1.54. The molecule has 1 aliphatic rings. The number of carbonyl (C=O) groups is 2. The van der Waals surface area contributed by atoms with E-state index < -0.39 is 11.5 Å². The third-order valence-electron chi connectivity index (χ3n) is 2.67. The lowest BCUT2D eigenvalue weighted by Crippen LogP contribution is -2.51. The van der Waals surface area contributed by atoms with Crippen molar-refractivity contribution in [1.82, 2.24) is 9.80 Å². The molecule has 1 N–H and O–H groups in total. The number of carboxylic acids is 1. The molecule has 1 heterocycles. The highest BCUT2D eigenvalue weighted by molar-refractivity contribution is 5.86. The van der Waals surface area contributed by atoms with E-state index in [9.17, 15) is 9.59 Å². The molecular formula is C9H16N2O3. The molecule has 14 heavy (non-hydrogen) atoms. The Morgan fingerprint density at radius 3 is 2.43 bits per heavy atom. The van der Waals surface area contributed by atoms with Gasteiger partial charge >= 0.3 is 12.0 Å². The van der Waals surface area contributed by atoms with Crippen LogP contribution in [0.25, 0.3) is 0 Å². The SMILES string of the molecule is CCN1CCN(C(C)(C)C(=O)O)C1=O. The van der Waals surface area contributed by atoms with E-state index in [0.717, 1.165) is 0 Å². The van der Waals surface area contributed by atoms with Crippen LogP contribution >= 0.6 is 0 Å². The molecule has 0 aromatic heterocycles. The first-order valence-electron chi connectivity index (χ1n) is 4.71. The summed E-state index contributed by atoms with van der Waals surface area (Å²) >= 11 is 0. The van der Waals surface area contributed by atoms with Gasteiger partial charge in [-0.05, 0) is 20.8 Å². The molecule has 0 aliphatic carbocycles. The number of aliphatic carboxylic acids is 1. The minimum atomic E-state index is -1.11. The van der Waals surface area contributed by atoms with E-state index in [4.69, 9.17) is 5.11 Å². The van der Waals surface area contributed by atoms with Gasteiger partial charge in [-0.1, -0.05) is 0 Å². The summed E-state index contributed by atoms with van der Waals surface area (Å²) in [7, 11) is 0. The third-order valence-corrected chi connectivity index (χ3v) is 2.67. The fourth-order valence-corrected chi connectivity index (χ4v) is 1.51. The summed E-state index contributed by atoms with van der Waals surface area (Å²) < 4.78 is 0. The Kier molecular flexibility index (Phi) is 2.69. The van der Waals surface area contributed by atoms with Crippen LogP contribution in [0.15, 0.2) is 0 Å². The molecule has 2 amide bonds. The van der Waals surface area contributed by atoms with E-state index in [0.29, 0.717) is 19.6 Å². The zero-order valence-corrected chi connectivity index (χ0v) is 8.78. The van der Waals surface area contributed by atoms with E-state index in [2.05, 4.69) is 0 Å². The first-order valence-corrected chi connectivity index (χ1v) is 4.71. The van der Waals surface area contributed by atoms with Gasteiger partial charge in [0, 0.05) is 19.6 Å². The van der Waals surface area contributed by atoms with Crippen LogP contribution in [0.4, 0.5) is 4.79 Å². The van der Waals surface area contributed by atoms with E-state index in [1.165, 1.54) is 4.90 Å². The second-order valence-electron chi connectivity index (χ2n) is 3.88. The molecule has 0 aromatic carbocycles. The molecule has 5 heteroatoms. The first-order chi connectivity index (χ1) is 6.41. The van der Waals surface area contributed by atoms with Crippen molar-refractivity contribution >= 4 is 12.0 Å². The average molecular weight is 200 g/mol. The Morgan fingerprint density at radius 2 is 2.07 bits per heavy atom. The van der Waals surface area contributed by atoms with Crippen LogP contribution in [0.1, 0.15) is 20.8 Å². The lowest BCUT2D eigenvalue weighted by Gasteiger charge is -2.30. The molecule has 0 radical (unpaired) electrons. The molecule has 0 spiro atoms. The van der Waals surface area contributed by atoms with Gasteiger partial charge in [-0.2, -0.15) is 0 Å². The second kappa shape index (κ2) is 3.48. The van der Waals surface area contributed by atoms with E-state index >= 15 is 0 Å². The summed E-state index contributed by atoms with van der Waals surface area (Å²) in [5, 5.41) is 8.97. The normalized spacial score (nSPS) is 17.8. The number of nitrogens with zero attached hydrogens (tertiary/aromatic N) is 2. The number of hydrogen-bond acceptors (Lipinski definition) is 2. The van der Waals surface area contributed by atoms with Crippen LogP contribution in [0, 0.1) is 0 Å². The summed E-state index contributed by atoms with van der Waals surface area (Å²) in [6.45, 7) is 6.72. The molecule has 0 atom stereocenters. The predicted molar refractivity (Wildman–Crippen MR) is 51.1 cm³/mol. The monoisotopic (exact) mass is 200 g/mol. The number of hydrogen-bond donors (Lipinski definition) is 1. The maximum absolute atomic E-state index is 11.7. The van der Waals surface area contributed by atoms with Gasteiger partial charge in [0.15, 0.2) is 0 Å². The Hall–Kier alpha value is -1.26. The Morgan fingerprint density at radius 1 is 1.50 bits per heavy atom. The fourth-order valence-electron chi connectivity index (χ4n) is 1.51. The van der Waals surface area contributed by atoms with Gasteiger partial charge in [0.05, 0.1) is 0 Å².